The molecule has 0 aliphatic heterocycles. The zero-order chi connectivity index (χ0) is 24.2. The number of rotatable bonds is 9. The zero-order valence-electron chi connectivity index (χ0n) is 17.5. The Morgan fingerprint density at radius 1 is 1.21 bits per heavy atom. The molecule has 11 heteroatoms. The van der Waals surface area contributed by atoms with E-state index in [1.807, 2.05) is 0 Å². The molecule has 0 atom stereocenters. The molecule has 3 aromatic rings. The number of halogens is 3. The number of amides is 1. The minimum Gasteiger partial charge on any atom is -0.447 e. The number of nitro groups is 1. The standard InChI is InChI=1S/C23H18ClFIN3O5/c24-17-10-14(26)8-9-18(17)27-21-16(23(30)28-33-12-13-6-7-13)11-19(29(31)32)22(20(21)25)34-15-4-2-1-3-5-15/h1-5,8-11,13,27H,6-7,12H2,(H,28,30). The molecule has 8 nitrogen and oxygen atoms in total. The van der Waals surface area contributed by atoms with Gasteiger partial charge < -0.3 is 10.1 Å². The lowest BCUT2D eigenvalue weighted by atomic mass is 10.1. The summed E-state index contributed by atoms with van der Waals surface area (Å²) in [6.45, 7) is 0.303. The van der Waals surface area contributed by atoms with Gasteiger partial charge in [-0.1, -0.05) is 29.8 Å². The van der Waals surface area contributed by atoms with Crippen LogP contribution in [-0.4, -0.2) is 17.4 Å². The molecule has 4 rings (SSSR count). The van der Waals surface area contributed by atoms with Crippen LogP contribution in [0, 0.1) is 25.4 Å². The van der Waals surface area contributed by atoms with Gasteiger partial charge in [-0.15, -0.1) is 0 Å². The molecule has 1 saturated carbocycles. The first kappa shape index (κ1) is 24.2. The number of para-hydroxylation sites is 1. The van der Waals surface area contributed by atoms with Crippen molar-refractivity contribution in [2.24, 2.45) is 5.92 Å². The number of carbonyl (C=O) groups excluding carboxylic acids is 1. The minimum absolute atomic E-state index is 0.188. The van der Waals surface area contributed by atoms with E-state index < -0.39 is 28.1 Å². The summed E-state index contributed by atoms with van der Waals surface area (Å²) in [5.74, 6) is -2.07. The lowest BCUT2D eigenvalue weighted by molar-refractivity contribution is -0.385. The molecule has 2 N–H and O–H groups in total. The molecular weight excluding hydrogens is 580 g/mol. The summed E-state index contributed by atoms with van der Waals surface area (Å²) < 4.78 is 22.2. The van der Waals surface area contributed by atoms with E-state index in [2.05, 4.69) is 33.4 Å². The summed E-state index contributed by atoms with van der Waals surface area (Å²) in [5.41, 5.74) is 1.15. The van der Waals surface area contributed by atoms with Crippen molar-refractivity contribution in [3.8, 4) is 11.5 Å². The van der Waals surface area contributed by atoms with Gasteiger partial charge in [0.15, 0.2) is 5.82 Å². The summed E-state index contributed by atoms with van der Waals surface area (Å²) >= 11 is 8.36. The second-order valence-corrected chi connectivity index (χ2v) is 9.22. The van der Waals surface area contributed by atoms with E-state index in [0.29, 0.717) is 18.2 Å². The number of anilines is 2. The lowest BCUT2D eigenvalue weighted by Gasteiger charge is -2.17. The van der Waals surface area contributed by atoms with E-state index in [9.17, 15) is 14.9 Å². The predicted octanol–water partition coefficient (Wildman–Crippen LogP) is 6.60. The van der Waals surface area contributed by atoms with E-state index in [0.717, 1.165) is 22.5 Å². The van der Waals surface area contributed by atoms with Crippen molar-refractivity contribution in [3.63, 3.8) is 0 Å². The largest absolute Gasteiger partial charge is 0.447 e. The number of carbonyl (C=O) groups is 1. The maximum Gasteiger partial charge on any atom is 0.315 e. The Kier molecular flexibility index (Phi) is 7.49. The number of hydrogen-bond acceptors (Lipinski definition) is 6. The molecule has 0 aromatic heterocycles. The Balaban J connectivity index is 1.78. The van der Waals surface area contributed by atoms with Crippen LogP contribution in [0.5, 0.6) is 11.5 Å². The summed E-state index contributed by atoms with van der Waals surface area (Å²) in [6, 6.07) is 14.0. The number of nitro benzene ring substituents is 1. The van der Waals surface area contributed by atoms with Crippen LogP contribution in [0.1, 0.15) is 23.2 Å². The first-order chi connectivity index (χ1) is 16.3. The number of hydrogen-bond donors (Lipinski definition) is 2. The van der Waals surface area contributed by atoms with Crippen molar-refractivity contribution in [1.29, 1.82) is 0 Å². The van der Waals surface area contributed by atoms with Crippen molar-refractivity contribution in [2.75, 3.05) is 11.9 Å². The van der Waals surface area contributed by atoms with Crippen molar-refractivity contribution in [3.05, 3.63) is 84.7 Å². The molecule has 1 fully saturated rings. The first-order valence-corrected chi connectivity index (χ1v) is 11.7. The molecule has 1 aliphatic rings. The SMILES string of the molecule is O=C(NOCC1CC1)c1cc([N+](=O)[O-])c(Oc2ccccc2)c(F)c1Nc1ccc(I)cc1Cl. The number of hydroxylamine groups is 1. The topological polar surface area (TPSA) is 103 Å². The molecule has 0 heterocycles. The van der Waals surface area contributed by atoms with E-state index in [1.54, 1.807) is 36.4 Å². The molecule has 3 aromatic carbocycles. The van der Waals surface area contributed by atoms with Crippen LogP contribution in [0.4, 0.5) is 21.5 Å². The maximum atomic E-state index is 15.8. The molecule has 0 radical (unpaired) electrons. The van der Waals surface area contributed by atoms with Crippen molar-refractivity contribution in [1.82, 2.24) is 5.48 Å². The monoisotopic (exact) mass is 597 g/mol. The van der Waals surface area contributed by atoms with E-state index in [-0.39, 0.29) is 22.0 Å². The average Bonchev–Trinajstić information content (AvgIpc) is 3.63. The van der Waals surface area contributed by atoms with Gasteiger partial charge in [-0.05, 0) is 71.7 Å². The second-order valence-electron chi connectivity index (χ2n) is 7.57. The zero-order valence-corrected chi connectivity index (χ0v) is 20.4. The fourth-order valence-electron chi connectivity index (χ4n) is 3.05. The summed E-state index contributed by atoms with van der Waals surface area (Å²) in [5, 5.41) is 14.8. The van der Waals surface area contributed by atoms with Crippen LogP contribution in [0.15, 0.2) is 54.6 Å². The highest BCUT2D eigenvalue weighted by molar-refractivity contribution is 14.1. The highest BCUT2D eigenvalue weighted by atomic mass is 127. The molecular formula is C23H18ClFIN3O5. The van der Waals surface area contributed by atoms with E-state index in [4.69, 9.17) is 21.2 Å². The predicted molar refractivity (Wildman–Crippen MR) is 133 cm³/mol. The Hall–Kier alpha value is -2.96. The van der Waals surface area contributed by atoms with Crippen molar-refractivity contribution in [2.45, 2.75) is 12.8 Å². The highest BCUT2D eigenvalue weighted by Gasteiger charge is 2.31. The smallest absolute Gasteiger partial charge is 0.315 e. The van der Waals surface area contributed by atoms with Crippen LogP contribution in [0.25, 0.3) is 0 Å². The number of nitrogens with one attached hydrogen (secondary N) is 2. The number of benzene rings is 3. The van der Waals surface area contributed by atoms with Gasteiger partial charge in [-0.2, -0.15) is 0 Å². The van der Waals surface area contributed by atoms with Gasteiger partial charge in [0.25, 0.3) is 5.91 Å². The Labute approximate surface area is 212 Å². The van der Waals surface area contributed by atoms with Crippen LogP contribution in [0.2, 0.25) is 5.02 Å². The van der Waals surface area contributed by atoms with Gasteiger partial charge in [0.2, 0.25) is 5.75 Å². The Morgan fingerprint density at radius 3 is 2.59 bits per heavy atom. The Morgan fingerprint density at radius 2 is 1.94 bits per heavy atom. The summed E-state index contributed by atoms with van der Waals surface area (Å²) in [4.78, 5) is 29.0. The van der Waals surface area contributed by atoms with E-state index in [1.165, 1.54) is 12.1 Å². The Bertz CT molecular complexity index is 1240. The number of nitrogens with zero attached hydrogens (tertiary/aromatic N) is 1. The minimum atomic E-state index is -1.12. The maximum absolute atomic E-state index is 15.8. The third-order valence-corrected chi connectivity index (χ3v) is 5.96. The summed E-state index contributed by atoms with van der Waals surface area (Å²) in [6.07, 6.45) is 2.00. The van der Waals surface area contributed by atoms with Gasteiger partial charge in [0.05, 0.1) is 33.5 Å². The quantitative estimate of drug-likeness (QED) is 0.164. The normalized spacial score (nSPS) is 12.8. The van der Waals surface area contributed by atoms with Gasteiger partial charge in [0, 0.05) is 9.64 Å². The van der Waals surface area contributed by atoms with Gasteiger partial charge in [0.1, 0.15) is 5.75 Å². The average molecular weight is 598 g/mol. The third-order valence-electron chi connectivity index (χ3n) is 4.98. The molecule has 1 aliphatic carbocycles. The molecule has 34 heavy (non-hydrogen) atoms. The van der Waals surface area contributed by atoms with Gasteiger partial charge >= 0.3 is 5.69 Å². The third kappa shape index (κ3) is 5.75. The van der Waals surface area contributed by atoms with Crippen molar-refractivity contribution >= 4 is 57.2 Å². The highest BCUT2D eigenvalue weighted by Crippen LogP contribution is 2.42. The fraction of sp³-hybridized carbons (Fsp3) is 0.174. The second kappa shape index (κ2) is 10.5. The molecule has 1 amide bonds. The van der Waals surface area contributed by atoms with Crippen LogP contribution < -0.4 is 15.5 Å². The molecule has 0 bridgehead atoms. The lowest BCUT2D eigenvalue weighted by Crippen LogP contribution is -2.26. The van der Waals surface area contributed by atoms with Gasteiger partial charge in [-0.3, -0.25) is 19.7 Å². The summed E-state index contributed by atoms with van der Waals surface area (Å²) in [7, 11) is 0. The van der Waals surface area contributed by atoms with Crippen LogP contribution in [0.3, 0.4) is 0 Å². The van der Waals surface area contributed by atoms with E-state index >= 15 is 4.39 Å². The molecule has 176 valence electrons. The first-order valence-electron chi connectivity index (χ1n) is 10.2. The number of ether oxygens (including phenoxy) is 1. The molecule has 0 saturated heterocycles. The van der Waals surface area contributed by atoms with Crippen molar-refractivity contribution < 1.29 is 23.7 Å². The fourth-order valence-corrected chi connectivity index (χ4v) is 3.95. The molecule has 0 spiro atoms. The van der Waals surface area contributed by atoms with Crippen LogP contribution >= 0.6 is 34.2 Å². The van der Waals surface area contributed by atoms with Gasteiger partial charge in [-0.25, -0.2) is 9.87 Å². The molecule has 0 unspecified atom stereocenters. The van der Waals surface area contributed by atoms with Crippen LogP contribution in [-0.2, 0) is 4.84 Å².